The van der Waals surface area contributed by atoms with E-state index in [9.17, 15) is 0 Å². The minimum absolute atomic E-state index is 0.827. The standard InChI is InChI=1S/C49H32N2O/c1-3-11-33(12-4-1)35-20-24-40(25-21-35)51(47-19-9-18-43-45-30-38-16-10-28-50-46(38)32-48(45)52-49(43)47)41-26-22-36(23-27-41)44-31-39(34-13-5-2-6-14-34)29-37-15-7-8-17-42(37)44/h1-32H. The molecule has 3 nitrogen and oxygen atoms in total. The first-order valence-corrected chi connectivity index (χ1v) is 17.6. The zero-order chi connectivity index (χ0) is 34.4. The molecule has 8 aromatic carbocycles. The zero-order valence-corrected chi connectivity index (χ0v) is 28.3. The highest BCUT2D eigenvalue weighted by Gasteiger charge is 2.20. The van der Waals surface area contributed by atoms with E-state index in [1.165, 1.54) is 44.2 Å². The Kier molecular flexibility index (Phi) is 7.14. The predicted molar refractivity (Wildman–Crippen MR) is 218 cm³/mol. The molecule has 0 saturated carbocycles. The summed E-state index contributed by atoms with van der Waals surface area (Å²) in [6.45, 7) is 0. The summed E-state index contributed by atoms with van der Waals surface area (Å²) in [5.74, 6) is 0. The summed E-state index contributed by atoms with van der Waals surface area (Å²) < 4.78 is 6.72. The molecule has 52 heavy (non-hydrogen) atoms. The van der Waals surface area contributed by atoms with E-state index in [1.807, 2.05) is 12.3 Å². The van der Waals surface area contributed by atoms with E-state index in [-0.39, 0.29) is 0 Å². The van der Waals surface area contributed by atoms with Crippen LogP contribution in [0.4, 0.5) is 17.1 Å². The van der Waals surface area contributed by atoms with Gasteiger partial charge in [-0.25, -0.2) is 0 Å². The summed E-state index contributed by atoms with van der Waals surface area (Å²) in [5, 5.41) is 5.71. The van der Waals surface area contributed by atoms with Gasteiger partial charge in [0.25, 0.3) is 0 Å². The van der Waals surface area contributed by atoms with Gasteiger partial charge in [-0.15, -0.1) is 0 Å². The number of hydrogen-bond acceptors (Lipinski definition) is 3. The number of furan rings is 1. The molecule has 0 aliphatic carbocycles. The molecular weight excluding hydrogens is 633 g/mol. The molecule has 0 bridgehead atoms. The van der Waals surface area contributed by atoms with Crippen LogP contribution in [0.2, 0.25) is 0 Å². The van der Waals surface area contributed by atoms with Gasteiger partial charge in [0, 0.05) is 39.8 Å². The van der Waals surface area contributed by atoms with Gasteiger partial charge in [0.2, 0.25) is 0 Å². The number of nitrogens with zero attached hydrogens (tertiary/aromatic N) is 2. The van der Waals surface area contributed by atoms with Crippen LogP contribution in [0, 0.1) is 0 Å². The van der Waals surface area contributed by atoms with Crippen molar-refractivity contribution < 1.29 is 4.42 Å². The van der Waals surface area contributed by atoms with Crippen molar-refractivity contribution in [1.29, 1.82) is 0 Å². The molecule has 0 N–H and O–H groups in total. The lowest BCUT2D eigenvalue weighted by Gasteiger charge is -2.26. The molecular formula is C49H32N2O. The molecule has 0 aliphatic rings. The lowest BCUT2D eigenvalue weighted by atomic mass is 9.93. The van der Waals surface area contributed by atoms with Crippen molar-refractivity contribution in [3.63, 3.8) is 0 Å². The number of fused-ring (bicyclic) bond motifs is 5. The van der Waals surface area contributed by atoms with Crippen LogP contribution in [0.1, 0.15) is 0 Å². The first-order chi connectivity index (χ1) is 25.8. The molecule has 2 heterocycles. The first kappa shape index (κ1) is 29.9. The third kappa shape index (κ3) is 5.19. The van der Waals surface area contributed by atoms with Crippen molar-refractivity contribution in [3.8, 4) is 33.4 Å². The second-order valence-electron chi connectivity index (χ2n) is 13.2. The topological polar surface area (TPSA) is 29.3 Å². The van der Waals surface area contributed by atoms with Gasteiger partial charge in [0.1, 0.15) is 5.58 Å². The smallest absolute Gasteiger partial charge is 0.159 e. The van der Waals surface area contributed by atoms with Crippen molar-refractivity contribution in [2.24, 2.45) is 0 Å². The Bertz CT molecular complexity index is 2880. The number of benzene rings is 8. The lowest BCUT2D eigenvalue weighted by molar-refractivity contribution is 0.669. The SMILES string of the molecule is c1ccc(-c2ccc(N(c3ccc(-c4cc(-c5ccccc5)cc5ccccc45)cc3)c3cccc4c3oc3cc5ncccc5cc34)cc2)cc1. The number of aromatic nitrogens is 1. The Labute approximate surface area is 301 Å². The maximum absolute atomic E-state index is 6.72. The molecule has 244 valence electrons. The van der Waals surface area contributed by atoms with Gasteiger partial charge in [0.05, 0.1) is 11.2 Å². The molecule has 2 aromatic heterocycles. The summed E-state index contributed by atoms with van der Waals surface area (Å²) in [6.07, 6.45) is 1.83. The molecule has 0 amide bonds. The molecule has 10 rings (SSSR count). The van der Waals surface area contributed by atoms with Gasteiger partial charge in [-0.05, 0) is 98.8 Å². The van der Waals surface area contributed by atoms with E-state index in [0.29, 0.717) is 0 Å². The van der Waals surface area contributed by atoms with Crippen molar-refractivity contribution in [3.05, 3.63) is 194 Å². The number of pyridine rings is 1. The third-order valence-corrected chi connectivity index (χ3v) is 10.1. The van der Waals surface area contributed by atoms with E-state index in [1.54, 1.807) is 0 Å². The van der Waals surface area contributed by atoms with Gasteiger partial charge in [-0.1, -0.05) is 127 Å². The van der Waals surface area contributed by atoms with Crippen LogP contribution >= 0.6 is 0 Å². The lowest BCUT2D eigenvalue weighted by Crippen LogP contribution is -2.10. The van der Waals surface area contributed by atoms with Gasteiger partial charge >= 0.3 is 0 Å². The van der Waals surface area contributed by atoms with Crippen LogP contribution in [0.3, 0.4) is 0 Å². The number of para-hydroxylation sites is 1. The summed E-state index contributed by atoms with van der Waals surface area (Å²) in [7, 11) is 0. The van der Waals surface area contributed by atoms with Crippen molar-refractivity contribution in [2.45, 2.75) is 0 Å². The maximum atomic E-state index is 6.72. The number of anilines is 3. The van der Waals surface area contributed by atoms with Crippen LogP contribution in [-0.4, -0.2) is 4.98 Å². The summed E-state index contributed by atoms with van der Waals surface area (Å²) >= 11 is 0. The van der Waals surface area contributed by atoms with Crippen LogP contribution in [0.5, 0.6) is 0 Å². The van der Waals surface area contributed by atoms with Crippen LogP contribution in [0.25, 0.3) is 77.0 Å². The molecule has 0 atom stereocenters. The Morgan fingerprint density at radius 3 is 1.77 bits per heavy atom. The Morgan fingerprint density at radius 1 is 0.404 bits per heavy atom. The fraction of sp³-hybridized carbons (Fsp3) is 0. The highest BCUT2D eigenvalue weighted by atomic mass is 16.3. The summed E-state index contributed by atoms with van der Waals surface area (Å²) in [6, 6.07) is 66.9. The number of hydrogen-bond donors (Lipinski definition) is 0. The maximum Gasteiger partial charge on any atom is 0.159 e. The minimum atomic E-state index is 0.827. The van der Waals surface area contributed by atoms with E-state index < -0.39 is 0 Å². The minimum Gasteiger partial charge on any atom is -0.454 e. The second kappa shape index (κ2) is 12.4. The molecule has 3 heteroatoms. The zero-order valence-electron chi connectivity index (χ0n) is 28.3. The van der Waals surface area contributed by atoms with Gasteiger partial charge < -0.3 is 9.32 Å². The normalized spacial score (nSPS) is 11.5. The first-order valence-electron chi connectivity index (χ1n) is 17.6. The van der Waals surface area contributed by atoms with Gasteiger partial charge in [-0.3, -0.25) is 4.98 Å². The van der Waals surface area contributed by atoms with E-state index >= 15 is 0 Å². The Balaban J connectivity index is 1.14. The third-order valence-electron chi connectivity index (χ3n) is 10.1. The fourth-order valence-corrected chi connectivity index (χ4v) is 7.52. The molecule has 10 aromatic rings. The number of rotatable bonds is 6. The van der Waals surface area contributed by atoms with Crippen molar-refractivity contribution in [1.82, 2.24) is 4.98 Å². The average molecular weight is 665 g/mol. The monoisotopic (exact) mass is 664 g/mol. The highest BCUT2D eigenvalue weighted by molar-refractivity contribution is 6.13. The summed E-state index contributed by atoms with van der Waals surface area (Å²) in [4.78, 5) is 6.90. The van der Waals surface area contributed by atoms with Crippen LogP contribution < -0.4 is 4.90 Å². The van der Waals surface area contributed by atoms with Crippen molar-refractivity contribution >= 4 is 60.7 Å². The predicted octanol–water partition coefficient (Wildman–Crippen LogP) is 13.8. The highest BCUT2D eigenvalue weighted by Crippen LogP contribution is 2.44. The van der Waals surface area contributed by atoms with Gasteiger partial charge in [-0.2, -0.15) is 0 Å². The average Bonchev–Trinajstić information content (AvgIpc) is 3.59. The molecule has 0 radical (unpaired) electrons. The quantitative estimate of drug-likeness (QED) is 0.177. The molecule has 0 saturated heterocycles. The molecule has 0 spiro atoms. The summed E-state index contributed by atoms with van der Waals surface area (Å²) in [5.41, 5.74) is 12.8. The van der Waals surface area contributed by atoms with Crippen LogP contribution in [-0.2, 0) is 0 Å². The van der Waals surface area contributed by atoms with E-state index in [0.717, 1.165) is 49.9 Å². The molecule has 0 aliphatic heterocycles. The Morgan fingerprint density at radius 2 is 1.02 bits per heavy atom. The molecule has 0 fully saturated rings. The van der Waals surface area contributed by atoms with Gasteiger partial charge in [0.15, 0.2) is 5.58 Å². The largest absolute Gasteiger partial charge is 0.454 e. The molecule has 0 unspecified atom stereocenters. The van der Waals surface area contributed by atoms with E-state index in [2.05, 4.69) is 192 Å². The fourth-order valence-electron chi connectivity index (χ4n) is 7.52. The second-order valence-corrected chi connectivity index (χ2v) is 13.2. The van der Waals surface area contributed by atoms with E-state index in [4.69, 9.17) is 4.42 Å². The Hall–Kier alpha value is -6.97. The van der Waals surface area contributed by atoms with Crippen LogP contribution in [0.15, 0.2) is 199 Å². The van der Waals surface area contributed by atoms with Crippen molar-refractivity contribution in [2.75, 3.05) is 4.90 Å².